The SMILES string of the molecule is O=C(Nc1ccc(OCc2ccncc2)cc1)c1cccnc1. The van der Waals surface area contributed by atoms with Crippen LogP contribution in [-0.2, 0) is 6.61 Å². The van der Waals surface area contributed by atoms with Gasteiger partial charge in [0.2, 0.25) is 0 Å². The van der Waals surface area contributed by atoms with Crippen molar-refractivity contribution in [2.45, 2.75) is 6.61 Å². The van der Waals surface area contributed by atoms with E-state index < -0.39 is 0 Å². The summed E-state index contributed by atoms with van der Waals surface area (Å²) in [7, 11) is 0. The summed E-state index contributed by atoms with van der Waals surface area (Å²) in [6.45, 7) is 0.476. The summed E-state index contributed by atoms with van der Waals surface area (Å²) in [5.41, 5.74) is 2.27. The first-order valence-corrected chi connectivity index (χ1v) is 7.14. The lowest BCUT2D eigenvalue weighted by Crippen LogP contribution is -2.11. The number of ether oxygens (including phenoxy) is 1. The lowest BCUT2D eigenvalue weighted by atomic mass is 10.2. The van der Waals surface area contributed by atoms with Crippen LogP contribution in [0.25, 0.3) is 0 Å². The van der Waals surface area contributed by atoms with Gasteiger partial charge in [-0.3, -0.25) is 14.8 Å². The summed E-state index contributed by atoms with van der Waals surface area (Å²) in [6, 6.07) is 14.5. The van der Waals surface area contributed by atoms with Crippen LogP contribution in [0.15, 0.2) is 73.3 Å². The van der Waals surface area contributed by atoms with Gasteiger partial charge in [-0.2, -0.15) is 0 Å². The number of anilines is 1. The highest BCUT2D eigenvalue weighted by Crippen LogP contribution is 2.17. The Morgan fingerprint density at radius 2 is 1.74 bits per heavy atom. The van der Waals surface area contributed by atoms with Crippen molar-refractivity contribution in [2.24, 2.45) is 0 Å². The number of hydrogen-bond acceptors (Lipinski definition) is 4. The van der Waals surface area contributed by atoms with Gasteiger partial charge >= 0.3 is 0 Å². The number of aromatic nitrogens is 2. The molecule has 2 heterocycles. The molecule has 114 valence electrons. The first-order chi connectivity index (χ1) is 11.3. The summed E-state index contributed by atoms with van der Waals surface area (Å²) in [4.78, 5) is 19.9. The van der Waals surface area contributed by atoms with Crippen molar-refractivity contribution < 1.29 is 9.53 Å². The van der Waals surface area contributed by atoms with E-state index in [0.29, 0.717) is 17.9 Å². The van der Waals surface area contributed by atoms with Crippen molar-refractivity contribution >= 4 is 11.6 Å². The molecule has 0 aliphatic rings. The lowest BCUT2D eigenvalue weighted by molar-refractivity contribution is 0.102. The minimum Gasteiger partial charge on any atom is -0.489 e. The molecule has 0 atom stereocenters. The second-order valence-electron chi connectivity index (χ2n) is 4.86. The van der Waals surface area contributed by atoms with Gasteiger partial charge in [-0.05, 0) is 54.1 Å². The minimum absolute atomic E-state index is 0.191. The van der Waals surface area contributed by atoms with Gasteiger partial charge in [0, 0.05) is 30.5 Å². The van der Waals surface area contributed by atoms with Crippen molar-refractivity contribution in [2.75, 3.05) is 5.32 Å². The summed E-state index contributed by atoms with van der Waals surface area (Å²) >= 11 is 0. The zero-order valence-corrected chi connectivity index (χ0v) is 12.3. The van der Waals surface area contributed by atoms with Crippen LogP contribution in [0.2, 0.25) is 0 Å². The van der Waals surface area contributed by atoms with E-state index in [1.165, 1.54) is 6.20 Å². The molecule has 5 nitrogen and oxygen atoms in total. The van der Waals surface area contributed by atoms with Crippen LogP contribution in [0.3, 0.4) is 0 Å². The van der Waals surface area contributed by atoms with Gasteiger partial charge < -0.3 is 10.1 Å². The molecule has 0 saturated carbocycles. The minimum atomic E-state index is -0.191. The maximum atomic E-state index is 12.0. The number of nitrogens with one attached hydrogen (secondary N) is 1. The molecule has 5 heteroatoms. The van der Waals surface area contributed by atoms with E-state index in [2.05, 4.69) is 15.3 Å². The third-order valence-corrected chi connectivity index (χ3v) is 3.19. The Morgan fingerprint density at radius 3 is 2.43 bits per heavy atom. The second-order valence-corrected chi connectivity index (χ2v) is 4.86. The van der Waals surface area contributed by atoms with E-state index in [4.69, 9.17) is 4.74 Å². The van der Waals surface area contributed by atoms with E-state index in [1.54, 1.807) is 42.9 Å². The van der Waals surface area contributed by atoms with Crippen molar-refractivity contribution in [1.29, 1.82) is 0 Å². The van der Waals surface area contributed by atoms with Gasteiger partial charge in [-0.15, -0.1) is 0 Å². The molecule has 1 amide bonds. The summed E-state index contributed by atoms with van der Waals surface area (Å²) in [5.74, 6) is 0.546. The standard InChI is InChI=1S/C18H15N3O2/c22-18(15-2-1-9-20-12-15)21-16-3-5-17(6-4-16)23-13-14-7-10-19-11-8-14/h1-12H,13H2,(H,21,22). The maximum Gasteiger partial charge on any atom is 0.257 e. The molecule has 3 aromatic rings. The molecular weight excluding hydrogens is 290 g/mol. The van der Waals surface area contributed by atoms with E-state index >= 15 is 0 Å². The number of carbonyl (C=O) groups is 1. The first-order valence-electron chi connectivity index (χ1n) is 7.14. The van der Waals surface area contributed by atoms with Crippen molar-refractivity contribution in [3.05, 3.63) is 84.4 Å². The molecule has 0 aliphatic carbocycles. The molecule has 1 N–H and O–H groups in total. The van der Waals surface area contributed by atoms with E-state index in [-0.39, 0.29) is 5.91 Å². The number of carbonyl (C=O) groups excluding carboxylic acids is 1. The Kier molecular flexibility index (Phi) is 4.59. The van der Waals surface area contributed by atoms with Gasteiger partial charge in [-0.25, -0.2) is 0 Å². The topological polar surface area (TPSA) is 64.1 Å². The lowest BCUT2D eigenvalue weighted by Gasteiger charge is -2.08. The molecule has 23 heavy (non-hydrogen) atoms. The zero-order valence-electron chi connectivity index (χ0n) is 12.3. The Morgan fingerprint density at radius 1 is 0.957 bits per heavy atom. The van der Waals surface area contributed by atoms with E-state index in [9.17, 15) is 4.79 Å². The summed E-state index contributed by atoms with van der Waals surface area (Å²) in [5, 5.41) is 2.82. The van der Waals surface area contributed by atoms with Gasteiger partial charge in [0.1, 0.15) is 12.4 Å². The molecule has 3 rings (SSSR count). The van der Waals surface area contributed by atoms with Gasteiger partial charge in [0.05, 0.1) is 5.56 Å². The molecule has 0 fully saturated rings. The van der Waals surface area contributed by atoms with E-state index in [1.807, 2.05) is 24.3 Å². The van der Waals surface area contributed by atoms with Crippen LogP contribution < -0.4 is 10.1 Å². The predicted molar refractivity (Wildman–Crippen MR) is 87.2 cm³/mol. The summed E-state index contributed by atoms with van der Waals surface area (Å²) < 4.78 is 5.69. The van der Waals surface area contributed by atoms with Gasteiger partial charge in [0.25, 0.3) is 5.91 Å². The zero-order chi connectivity index (χ0) is 15.9. The Hall–Kier alpha value is -3.21. The van der Waals surface area contributed by atoms with Crippen LogP contribution in [0.4, 0.5) is 5.69 Å². The van der Waals surface area contributed by atoms with Crippen LogP contribution in [0, 0.1) is 0 Å². The Labute approximate surface area is 134 Å². The molecule has 0 aliphatic heterocycles. The number of benzene rings is 1. The molecule has 0 radical (unpaired) electrons. The Balaban J connectivity index is 1.58. The van der Waals surface area contributed by atoms with Crippen molar-refractivity contribution in [1.82, 2.24) is 9.97 Å². The fraction of sp³-hybridized carbons (Fsp3) is 0.0556. The molecule has 0 bridgehead atoms. The second kappa shape index (κ2) is 7.17. The number of amides is 1. The number of nitrogens with zero attached hydrogens (tertiary/aromatic N) is 2. The normalized spacial score (nSPS) is 10.1. The third-order valence-electron chi connectivity index (χ3n) is 3.19. The first kappa shape index (κ1) is 14.7. The van der Waals surface area contributed by atoms with Crippen LogP contribution in [-0.4, -0.2) is 15.9 Å². The van der Waals surface area contributed by atoms with Gasteiger partial charge in [0.15, 0.2) is 0 Å². The van der Waals surface area contributed by atoms with Crippen molar-refractivity contribution in [3.8, 4) is 5.75 Å². The molecule has 1 aromatic carbocycles. The molecule has 0 saturated heterocycles. The maximum absolute atomic E-state index is 12.0. The van der Waals surface area contributed by atoms with Crippen molar-refractivity contribution in [3.63, 3.8) is 0 Å². The number of pyridine rings is 2. The predicted octanol–water partition coefficient (Wildman–Crippen LogP) is 3.31. The summed E-state index contributed by atoms with van der Waals surface area (Å²) in [6.07, 6.45) is 6.62. The average molecular weight is 305 g/mol. The largest absolute Gasteiger partial charge is 0.489 e. The molecular formula is C18H15N3O2. The molecule has 2 aromatic heterocycles. The average Bonchev–Trinajstić information content (AvgIpc) is 2.63. The molecule has 0 spiro atoms. The van der Waals surface area contributed by atoms with E-state index in [0.717, 1.165) is 11.3 Å². The quantitative estimate of drug-likeness (QED) is 0.785. The Bertz CT molecular complexity index is 759. The van der Waals surface area contributed by atoms with Crippen LogP contribution in [0.1, 0.15) is 15.9 Å². The number of hydrogen-bond donors (Lipinski definition) is 1. The smallest absolute Gasteiger partial charge is 0.257 e. The highest BCUT2D eigenvalue weighted by Gasteiger charge is 2.05. The molecule has 0 unspecified atom stereocenters. The van der Waals surface area contributed by atoms with Crippen LogP contribution >= 0.6 is 0 Å². The fourth-order valence-electron chi connectivity index (χ4n) is 1.98. The highest BCUT2D eigenvalue weighted by molar-refractivity contribution is 6.04. The van der Waals surface area contributed by atoms with Crippen LogP contribution in [0.5, 0.6) is 5.75 Å². The van der Waals surface area contributed by atoms with Gasteiger partial charge in [-0.1, -0.05) is 0 Å². The third kappa shape index (κ3) is 4.14. The monoisotopic (exact) mass is 305 g/mol. The highest BCUT2D eigenvalue weighted by atomic mass is 16.5. The fourth-order valence-corrected chi connectivity index (χ4v) is 1.98. The number of rotatable bonds is 5.